The van der Waals surface area contributed by atoms with Gasteiger partial charge in [0.2, 0.25) is 0 Å². The third kappa shape index (κ3) is 2.55. The quantitative estimate of drug-likeness (QED) is 0.617. The number of Topliss-reactive ketones (excluding diaryl/α,β-unsaturated/α-hetero) is 1. The Morgan fingerprint density at radius 1 is 1.40 bits per heavy atom. The molecule has 1 aliphatic heterocycles. The summed E-state index contributed by atoms with van der Waals surface area (Å²) in [6.45, 7) is 1.86. The fraction of sp³-hybridized carbons (Fsp3) is 0.455. The number of piperidine rings is 1. The number of nitrogens with one attached hydrogen (secondary N) is 1. The highest BCUT2D eigenvalue weighted by Crippen LogP contribution is 2.18. The van der Waals surface area contributed by atoms with Gasteiger partial charge in [-0.15, -0.1) is 0 Å². The standard InChI is InChI=1S/C11H13ClN2O/c12-10-2-1-9(7-14-10)11(15)8-3-5-13-6-4-8/h1-2,7-8,13H,3-6H2. The Morgan fingerprint density at radius 3 is 2.73 bits per heavy atom. The summed E-state index contributed by atoms with van der Waals surface area (Å²) in [6.07, 6.45) is 3.40. The van der Waals surface area contributed by atoms with Crippen molar-refractivity contribution < 1.29 is 4.79 Å². The highest BCUT2D eigenvalue weighted by Gasteiger charge is 2.22. The number of carbonyl (C=O) groups is 1. The largest absolute Gasteiger partial charge is 0.317 e. The molecule has 0 aromatic carbocycles. The smallest absolute Gasteiger partial charge is 0.167 e. The van der Waals surface area contributed by atoms with Crippen molar-refractivity contribution in [2.45, 2.75) is 12.8 Å². The molecule has 0 bridgehead atoms. The Labute approximate surface area is 93.8 Å². The van der Waals surface area contributed by atoms with Gasteiger partial charge in [0.15, 0.2) is 5.78 Å². The van der Waals surface area contributed by atoms with Gasteiger partial charge in [0, 0.05) is 17.7 Å². The van der Waals surface area contributed by atoms with Crippen LogP contribution in [0.1, 0.15) is 23.2 Å². The predicted molar refractivity (Wildman–Crippen MR) is 59.2 cm³/mol. The molecule has 15 heavy (non-hydrogen) atoms. The summed E-state index contributed by atoms with van der Waals surface area (Å²) >= 11 is 5.67. The lowest BCUT2D eigenvalue weighted by atomic mass is 9.90. The minimum atomic E-state index is 0.147. The number of hydrogen-bond donors (Lipinski definition) is 1. The molecule has 1 aromatic rings. The van der Waals surface area contributed by atoms with E-state index in [1.165, 1.54) is 0 Å². The molecule has 1 fully saturated rings. The molecular formula is C11H13ClN2O. The summed E-state index contributed by atoms with van der Waals surface area (Å²) in [5, 5.41) is 3.67. The van der Waals surface area contributed by atoms with Crippen molar-refractivity contribution in [1.82, 2.24) is 10.3 Å². The van der Waals surface area contributed by atoms with E-state index >= 15 is 0 Å². The van der Waals surface area contributed by atoms with Gasteiger partial charge < -0.3 is 5.32 Å². The maximum Gasteiger partial charge on any atom is 0.167 e. The molecule has 0 atom stereocenters. The molecule has 0 saturated carbocycles. The van der Waals surface area contributed by atoms with Crippen LogP contribution in [0.25, 0.3) is 0 Å². The molecule has 4 heteroatoms. The number of aromatic nitrogens is 1. The van der Waals surface area contributed by atoms with Gasteiger partial charge in [0.25, 0.3) is 0 Å². The van der Waals surface area contributed by atoms with E-state index in [1.54, 1.807) is 18.3 Å². The molecule has 1 aromatic heterocycles. The molecule has 1 saturated heterocycles. The lowest BCUT2D eigenvalue weighted by Gasteiger charge is -2.21. The minimum absolute atomic E-state index is 0.147. The zero-order valence-electron chi connectivity index (χ0n) is 8.37. The number of pyridine rings is 1. The second kappa shape index (κ2) is 4.73. The number of ketones is 1. The maximum atomic E-state index is 12.0. The molecule has 2 heterocycles. The third-order valence-electron chi connectivity index (χ3n) is 2.72. The van der Waals surface area contributed by atoms with Crippen LogP contribution in [0, 0.1) is 5.92 Å². The summed E-state index contributed by atoms with van der Waals surface area (Å²) in [6, 6.07) is 3.41. The second-order valence-electron chi connectivity index (χ2n) is 3.76. The minimum Gasteiger partial charge on any atom is -0.317 e. The van der Waals surface area contributed by atoms with Crippen molar-refractivity contribution in [2.75, 3.05) is 13.1 Å². The average Bonchev–Trinajstić information content (AvgIpc) is 2.30. The zero-order valence-corrected chi connectivity index (χ0v) is 9.13. The molecule has 0 aliphatic carbocycles. The van der Waals surface area contributed by atoms with Crippen LogP contribution in [0.4, 0.5) is 0 Å². The number of rotatable bonds is 2. The Kier molecular flexibility index (Phi) is 3.34. The second-order valence-corrected chi connectivity index (χ2v) is 4.15. The highest BCUT2D eigenvalue weighted by molar-refractivity contribution is 6.29. The third-order valence-corrected chi connectivity index (χ3v) is 2.95. The van der Waals surface area contributed by atoms with Crippen molar-refractivity contribution >= 4 is 17.4 Å². The monoisotopic (exact) mass is 224 g/mol. The summed E-state index contributed by atoms with van der Waals surface area (Å²) in [5.74, 6) is 0.342. The first kappa shape index (κ1) is 10.6. The van der Waals surface area contributed by atoms with Crippen LogP contribution >= 0.6 is 11.6 Å². The van der Waals surface area contributed by atoms with Crippen LogP contribution in [0.15, 0.2) is 18.3 Å². The number of hydrogen-bond acceptors (Lipinski definition) is 3. The lowest BCUT2D eigenvalue weighted by molar-refractivity contribution is 0.0894. The predicted octanol–water partition coefficient (Wildman–Crippen LogP) is 1.92. The van der Waals surface area contributed by atoms with Crippen molar-refractivity contribution in [2.24, 2.45) is 5.92 Å². The molecule has 80 valence electrons. The van der Waals surface area contributed by atoms with Gasteiger partial charge >= 0.3 is 0 Å². The first-order chi connectivity index (χ1) is 7.27. The first-order valence-corrected chi connectivity index (χ1v) is 5.51. The Balaban J connectivity index is 2.09. The van der Waals surface area contributed by atoms with E-state index in [9.17, 15) is 4.79 Å². The number of halogens is 1. The summed E-state index contributed by atoms with van der Waals surface area (Å²) in [5.41, 5.74) is 0.673. The lowest BCUT2D eigenvalue weighted by Crippen LogP contribution is -2.31. The Bertz CT molecular complexity index is 344. The van der Waals surface area contributed by atoms with Crippen LogP contribution in [-0.2, 0) is 0 Å². The molecular weight excluding hydrogens is 212 g/mol. The van der Waals surface area contributed by atoms with Gasteiger partial charge in [0.1, 0.15) is 5.15 Å². The van der Waals surface area contributed by atoms with Gasteiger partial charge in [-0.25, -0.2) is 4.98 Å². The molecule has 2 rings (SSSR count). The Morgan fingerprint density at radius 2 is 2.13 bits per heavy atom. The summed E-state index contributed by atoms with van der Waals surface area (Å²) in [7, 11) is 0. The molecule has 3 nitrogen and oxygen atoms in total. The highest BCUT2D eigenvalue weighted by atomic mass is 35.5. The van der Waals surface area contributed by atoms with Crippen molar-refractivity contribution in [3.8, 4) is 0 Å². The normalized spacial score (nSPS) is 17.7. The van der Waals surface area contributed by atoms with E-state index in [4.69, 9.17) is 11.6 Å². The van der Waals surface area contributed by atoms with Crippen molar-refractivity contribution in [1.29, 1.82) is 0 Å². The number of carbonyl (C=O) groups excluding carboxylic acids is 1. The van der Waals surface area contributed by atoms with Crippen LogP contribution in [0.2, 0.25) is 5.15 Å². The molecule has 0 unspecified atom stereocenters. The first-order valence-electron chi connectivity index (χ1n) is 5.14. The van der Waals surface area contributed by atoms with E-state index in [0.717, 1.165) is 25.9 Å². The average molecular weight is 225 g/mol. The van der Waals surface area contributed by atoms with Crippen LogP contribution in [0.3, 0.4) is 0 Å². The molecule has 0 amide bonds. The van der Waals surface area contributed by atoms with Crippen molar-refractivity contribution in [3.05, 3.63) is 29.0 Å². The molecule has 1 aliphatic rings. The van der Waals surface area contributed by atoms with Gasteiger partial charge in [-0.05, 0) is 38.1 Å². The zero-order chi connectivity index (χ0) is 10.7. The van der Waals surface area contributed by atoms with Crippen LogP contribution in [-0.4, -0.2) is 23.9 Å². The van der Waals surface area contributed by atoms with E-state index < -0.39 is 0 Å². The summed E-state index contributed by atoms with van der Waals surface area (Å²) in [4.78, 5) is 15.9. The number of nitrogens with zero attached hydrogens (tertiary/aromatic N) is 1. The molecule has 0 radical (unpaired) electrons. The van der Waals surface area contributed by atoms with Gasteiger partial charge in [-0.1, -0.05) is 11.6 Å². The van der Waals surface area contributed by atoms with E-state index in [1.807, 2.05) is 0 Å². The molecule has 0 spiro atoms. The Hall–Kier alpha value is -0.930. The molecule has 1 N–H and O–H groups in total. The van der Waals surface area contributed by atoms with Gasteiger partial charge in [-0.3, -0.25) is 4.79 Å². The SMILES string of the molecule is O=C(c1ccc(Cl)nc1)C1CCNCC1. The fourth-order valence-electron chi connectivity index (χ4n) is 1.84. The van der Waals surface area contributed by atoms with E-state index in [2.05, 4.69) is 10.3 Å². The summed E-state index contributed by atoms with van der Waals surface area (Å²) < 4.78 is 0. The van der Waals surface area contributed by atoms with E-state index in [0.29, 0.717) is 10.7 Å². The fourth-order valence-corrected chi connectivity index (χ4v) is 1.95. The van der Waals surface area contributed by atoms with E-state index in [-0.39, 0.29) is 11.7 Å². The van der Waals surface area contributed by atoms with Crippen LogP contribution < -0.4 is 5.32 Å². The van der Waals surface area contributed by atoms with Crippen molar-refractivity contribution in [3.63, 3.8) is 0 Å². The maximum absolute atomic E-state index is 12.0. The van der Waals surface area contributed by atoms with Crippen LogP contribution in [0.5, 0.6) is 0 Å². The topological polar surface area (TPSA) is 42.0 Å². The van der Waals surface area contributed by atoms with Gasteiger partial charge in [0.05, 0.1) is 0 Å². The van der Waals surface area contributed by atoms with Gasteiger partial charge in [-0.2, -0.15) is 0 Å².